The van der Waals surface area contributed by atoms with Crippen LogP contribution in [-0.2, 0) is 6.42 Å². The van der Waals surface area contributed by atoms with Crippen LogP contribution in [0.2, 0.25) is 0 Å². The lowest BCUT2D eigenvalue weighted by Crippen LogP contribution is -2.40. The Bertz CT molecular complexity index is 456. The fourth-order valence-electron chi connectivity index (χ4n) is 2.92. The standard InChI is InChI=1S/C16H23FN2/c1-11(10-18-15-5-6-15)12(2)19-8-7-13-3-4-14(17)9-16(13)19/h3-4,9,11-12,15,18H,5-8,10H2,1-2H3. The molecule has 1 aliphatic heterocycles. The second-order valence-corrected chi connectivity index (χ2v) is 6.12. The van der Waals surface area contributed by atoms with Crippen LogP contribution < -0.4 is 10.2 Å². The number of halogens is 1. The van der Waals surface area contributed by atoms with Gasteiger partial charge in [0.25, 0.3) is 0 Å². The number of fused-ring (bicyclic) bond motifs is 1. The van der Waals surface area contributed by atoms with Gasteiger partial charge >= 0.3 is 0 Å². The van der Waals surface area contributed by atoms with Crippen molar-refractivity contribution in [2.75, 3.05) is 18.0 Å². The minimum Gasteiger partial charge on any atom is -0.368 e. The van der Waals surface area contributed by atoms with Gasteiger partial charge in [-0.15, -0.1) is 0 Å². The lowest BCUT2D eigenvalue weighted by atomic mass is 10.0. The van der Waals surface area contributed by atoms with Gasteiger partial charge < -0.3 is 10.2 Å². The van der Waals surface area contributed by atoms with Gasteiger partial charge in [0.05, 0.1) is 0 Å². The predicted molar refractivity (Wildman–Crippen MR) is 77.1 cm³/mol. The number of hydrogen-bond donors (Lipinski definition) is 1. The van der Waals surface area contributed by atoms with Gasteiger partial charge in [-0.3, -0.25) is 0 Å². The molecule has 1 saturated carbocycles. The predicted octanol–water partition coefficient (Wildman–Crippen LogP) is 2.96. The van der Waals surface area contributed by atoms with Gasteiger partial charge in [0.15, 0.2) is 0 Å². The average molecular weight is 262 g/mol. The van der Waals surface area contributed by atoms with Crippen LogP contribution in [0.4, 0.5) is 10.1 Å². The van der Waals surface area contributed by atoms with Crippen LogP contribution in [0.3, 0.4) is 0 Å². The first-order valence-corrected chi connectivity index (χ1v) is 7.43. The Hall–Kier alpha value is -1.09. The van der Waals surface area contributed by atoms with Gasteiger partial charge in [0, 0.05) is 24.3 Å². The van der Waals surface area contributed by atoms with Crippen molar-refractivity contribution in [3.63, 3.8) is 0 Å². The Labute approximate surface area is 115 Å². The molecule has 2 unspecified atom stereocenters. The highest BCUT2D eigenvalue weighted by atomic mass is 19.1. The molecule has 2 atom stereocenters. The third kappa shape index (κ3) is 2.76. The van der Waals surface area contributed by atoms with Gasteiger partial charge in [-0.05, 0) is 56.3 Å². The Morgan fingerprint density at radius 2 is 2.16 bits per heavy atom. The summed E-state index contributed by atoms with van der Waals surface area (Å²) in [6.45, 7) is 6.64. The van der Waals surface area contributed by atoms with Gasteiger partial charge in [-0.1, -0.05) is 13.0 Å². The fourth-order valence-corrected chi connectivity index (χ4v) is 2.92. The Morgan fingerprint density at radius 3 is 2.89 bits per heavy atom. The summed E-state index contributed by atoms with van der Waals surface area (Å²) in [5.41, 5.74) is 2.39. The quantitative estimate of drug-likeness (QED) is 0.877. The molecule has 2 aliphatic rings. The Kier molecular flexibility index (Phi) is 3.48. The maximum absolute atomic E-state index is 13.4. The molecule has 3 heteroatoms. The van der Waals surface area contributed by atoms with E-state index in [2.05, 4.69) is 24.1 Å². The van der Waals surface area contributed by atoms with Crippen molar-refractivity contribution in [2.24, 2.45) is 5.92 Å². The third-order valence-corrected chi connectivity index (χ3v) is 4.60. The van der Waals surface area contributed by atoms with Crippen molar-refractivity contribution in [1.29, 1.82) is 0 Å². The third-order valence-electron chi connectivity index (χ3n) is 4.60. The molecule has 1 N–H and O–H groups in total. The maximum Gasteiger partial charge on any atom is 0.125 e. The minimum atomic E-state index is -0.124. The molecule has 19 heavy (non-hydrogen) atoms. The summed E-state index contributed by atoms with van der Waals surface area (Å²) in [6, 6.07) is 6.42. The van der Waals surface area contributed by atoms with Crippen LogP contribution in [0.15, 0.2) is 18.2 Å². The Morgan fingerprint density at radius 1 is 1.37 bits per heavy atom. The molecule has 0 amide bonds. The molecule has 1 aromatic carbocycles. The summed E-state index contributed by atoms with van der Waals surface area (Å²) in [7, 11) is 0. The number of benzene rings is 1. The van der Waals surface area contributed by atoms with E-state index in [0.717, 1.165) is 31.2 Å². The van der Waals surface area contributed by atoms with Crippen LogP contribution in [0.5, 0.6) is 0 Å². The highest BCUT2D eigenvalue weighted by Crippen LogP contribution is 2.32. The molecular formula is C16H23FN2. The maximum atomic E-state index is 13.4. The highest BCUT2D eigenvalue weighted by Gasteiger charge is 2.28. The second-order valence-electron chi connectivity index (χ2n) is 6.12. The van der Waals surface area contributed by atoms with Crippen molar-refractivity contribution in [3.05, 3.63) is 29.6 Å². The van der Waals surface area contributed by atoms with Crippen molar-refractivity contribution in [1.82, 2.24) is 5.32 Å². The molecular weight excluding hydrogens is 239 g/mol. The Balaban J connectivity index is 1.67. The summed E-state index contributed by atoms with van der Waals surface area (Å²) in [5, 5.41) is 3.60. The normalized spacial score (nSPS) is 21.3. The van der Waals surface area contributed by atoms with Crippen LogP contribution in [0.25, 0.3) is 0 Å². The summed E-state index contributed by atoms with van der Waals surface area (Å²) >= 11 is 0. The smallest absolute Gasteiger partial charge is 0.125 e. The lowest BCUT2D eigenvalue weighted by Gasteiger charge is -2.32. The van der Waals surface area contributed by atoms with E-state index in [-0.39, 0.29) is 5.82 Å². The first-order chi connectivity index (χ1) is 9.15. The zero-order chi connectivity index (χ0) is 13.4. The summed E-state index contributed by atoms with van der Waals surface area (Å²) in [5.74, 6) is 0.455. The largest absolute Gasteiger partial charge is 0.368 e. The zero-order valence-corrected chi connectivity index (χ0v) is 11.8. The van der Waals surface area contributed by atoms with E-state index in [4.69, 9.17) is 0 Å². The molecule has 1 fully saturated rings. The van der Waals surface area contributed by atoms with Gasteiger partial charge in [-0.2, -0.15) is 0 Å². The zero-order valence-electron chi connectivity index (χ0n) is 11.8. The number of anilines is 1. The lowest BCUT2D eigenvalue weighted by molar-refractivity contribution is 0.424. The average Bonchev–Trinajstić information content (AvgIpc) is 3.14. The van der Waals surface area contributed by atoms with E-state index in [0.29, 0.717) is 12.0 Å². The SMILES string of the molecule is CC(CNC1CC1)C(C)N1CCc2ccc(F)cc21. The van der Waals surface area contributed by atoms with E-state index in [1.807, 2.05) is 6.07 Å². The molecule has 0 aromatic heterocycles. The first-order valence-electron chi connectivity index (χ1n) is 7.43. The van der Waals surface area contributed by atoms with Gasteiger partial charge in [0.2, 0.25) is 0 Å². The number of nitrogens with one attached hydrogen (secondary N) is 1. The topological polar surface area (TPSA) is 15.3 Å². The van der Waals surface area contributed by atoms with E-state index >= 15 is 0 Å². The molecule has 0 spiro atoms. The first kappa shape index (κ1) is 12.9. The minimum absolute atomic E-state index is 0.124. The van der Waals surface area contributed by atoms with Crippen LogP contribution in [0, 0.1) is 11.7 Å². The molecule has 0 bridgehead atoms. The molecule has 0 radical (unpaired) electrons. The van der Waals surface area contributed by atoms with Crippen molar-refractivity contribution >= 4 is 5.69 Å². The number of nitrogens with zero attached hydrogens (tertiary/aromatic N) is 1. The molecule has 104 valence electrons. The molecule has 1 aliphatic carbocycles. The molecule has 0 saturated heterocycles. The molecule has 3 rings (SSSR count). The monoisotopic (exact) mass is 262 g/mol. The van der Waals surface area contributed by atoms with Crippen LogP contribution in [-0.4, -0.2) is 25.2 Å². The van der Waals surface area contributed by atoms with Crippen LogP contribution in [0.1, 0.15) is 32.3 Å². The van der Waals surface area contributed by atoms with Crippen molar-refractivity contribution < 1.29 is 4.39 Å². The summed E-state index contributed by atoms with van der Waals surface area (Å²) in [6.07, 6.45) is 3.71. The van der Waals surface area contributed by atoms with E-state index < -0.39 is 0 Å². The number of rotatable bonds is 5. The molecule has 1 heterocycles. The molecule has 1 aromatic rings. The van der Waals surface area contributed by atoms with Crippen molar-refractivity contribution in [2.45, 2.75) is 45.2 Å². The van der Waals surface area contributed by atoms with Crippen molar-refractivity contribution in [3.8, 4) is 0 Å². The van der Waals surface area contributed by atoms with Gasteiger partial charge in [-0.25, -0.2) is 4.39 Å². The van der Waals surface area contributed by atoms with Gasteiger partial charge in [0.1, 0.15) is 5.82 Å². The van der Waals surface area contributed by atoms with E-state index in [1.54, 1.807) is 12.1 Å². The van der Waals surface area contributed by atoms with E-state index in [9.17, 15) is 4.39 Å². The van der Waals surface area contributed by atoms with E-state index in [1.165, 1.54) is 18.4 Å². The summed E-state index contributed by atoms with van der Waals surface area (Å²) in [4.78, 5) is 2.37. The number of hydrogen-bond acceptors (Lipinski definition) is 2. The highest BCUT2D eigenvalue weighted by molar-refractivity contribution is 5.58. The molecule has 2 nitrogen and oxygen atoms in total. The summed E-state index contributed by atoms with van der Waals surface area (Å²) < 4.78 is 13.4. The fraction of sp³-hybridized carbons (Fsp3) is 0.625. The second kappa shape index (κ2) is 5.12. The van der Waals surface area contributed by atoms with Crippen LogP contribution >= 0.6 is 0 Å².